The van der Waals surface area contributed by atoms with Crippen molar-refractivity contribution < 1.29 is 81.8 Å². The molecule has 2 unspecified atom stereocenters. The van der Waals surface area contributed by atoms with Crippen molar-refractivity contribution in [1.29, 1.82) is 0 Å². The predicted molar refractivity (Wildman–Crippen MR) is 174 cm³/mol. The maximum Gasteiger partial charge on any atom is 1.00 e. The number of ether oxygens (including phenoxy) is 2. The Morgan fingerprint density at radius 2 is 1.13 bits per heavy atom. The van der Waals surface area contributed by atoms with Gasteiger partial charge in [-0.1, -0.05) is 110 Å². The molecule has 0 spiro atoms. The summed E-state index contributed by atoms with van der Waals surface area (Å²) >= 11 is 0. The molecule has 0 aromatic heterocycles. The molecule has 0 saturated carbocycles. The van der Waals surface area contributed by atoms with Crippen molar-refractivity contribution in [3.8, 4) is 0 Å². The fraction of sp³-hybridized carbons (Fsp3) is 0.939. The van der Waals surface area contributed by atoms with Crippen LogP contribution < -0.4 is 34.5 Å². The molecule has 11 nitrogen and oxygen atoms in total. The average molecular weight is 691 g/mol. The summed E-state index contributed by atoms with van der Waals surface area (Å²) < 4.78 is 33.4. The van der Waals surface area contributed by atoms with E-state index in [2.05, 4.69) is 11.8 Å². The molecule has 0 bridgehead atoms. The van der Waals surface area contributed by atoms with Gasteiger partial charge in [-0.15, -0.1) is 0 Å². The van der Waals surface area contributed by atoms with E-state index < -0.39 is 32.5 Å². The number of carbonyl (C=O) groups excluding carboxylic acids is 2. The van der Waals surface area contributed by atoms with Gasteiger partial charge in [0.25, 0.3) is 7.82 Å². The number of phosphoric acid groups is 1. The van der Waals surface area contributed by atoms with E-state index in [4.69, 9.17) is 23.8 Å². The molecule has 0 fully saturated rings. The van der Waals surface area contributed by atoms with E-state index in [0.29, 0.717) is 24.1 Å². The average Bonchev–Trinajstić information content (AvgIpc) is 2.97. The molecule has 0 aromatic rings. The van der Waals surface area contributed by atoms with Gasteiger partial charge in [0.15, 0.2) is 6.10 Å². The van der Waals surface area contributed by atoms with Gasteiger partial charge in [0.1, 0.15) is 19.8 Å². The largest absolute Gasteiger partial charge is 1.00 e. The van der Waals surface area contributed by atoms with E-state index in [1.165, 1.54) is 64.2 Å². The number of carbonyl (C=O) groups is 2. The van der Waals surface area contributed by atoms with Crippen molar-refractivity contribution in [2.75, 3.05) is 54.1 Å². The van der Waals surface area contributed by atoms with Crippen molar-refractivity contribution in [3.63, 3.8) is 0 Å². The van der Waals surface area contributed by atoms with Gasteiger partial charge in [-0.05, 0) is 19.3 Å². The molecule has 13 heteroatoms. The zero-order chi connectivity index (χ0) is 33.7. The molecule has 0 amide bonds. The van der Waals surface area contributed by atoms with E-state index in [1.54, 1.807) is 0 Å². The number of unbranched alkanes of at least 4 members (excludes halogenated alkanes) is 17. The monoisotopic (exact) mass is 690 g/mol. The summed E-state index contributed by atoms with van der Waals surface area (Å²) in [4.78, 5) is 41.1. The van der Waals surface area contributed by atoms with Gasteiger partial charge < -0.3 is 27.9 Å². The third-order valence-electron chi connectivity index (χ3n) is 7.51. The molecule has 268 valence electrons. The second-order valence-electron chi connectivity index (χ2n) is 13.1. The second kappa shape index (κ2) is 32.2. The van der Waals surface area contributed by atoms with Crippen LogP contribution in [0.1, 0.15) is 142 Å². The van der Waals surface area contributed by atoms with Crippen LogP contribution in [0.4, 0.5) is 0 Å². The summed E-state index contributed by atoms with van der Waals surface area (Å²) in [5, 5.41) is 8.35. The Bertz CT molecular complexity index is 769. The van der Waals surface area contributed by atoms with Crippen molar-refractivity contribution in [1.82, 2.24) is 0 Å². The van der Waals surface area contributed by atoms with Crippen LogP contribution in [0.5, 0.6) is 0 Å². The number of hydrogen-bond donors (Lipinski definition) is 1. The SMILES string of the molecule is CCCCCCCCCCCCCCCC(=O)OCC(COP(=O)([O-])OCC[N+](C)(C)C)OC(=O)CCCCCCCCOO.[Na+]. The van der Waals surface area contributed by atoms with Crippen LogP contribution in [0.15, 0.2) is 0 Å². The first-order chi connectivity index (χ1) is 21.5. The number of quaternary nitrogens is 1. The van der Waals surface area contributed by atoms with E-state index in [-0.39, 0.29) is 55.6 Å². The molecule has 0 heterocycles. The van der Waals surface area contributed by atoms with Crippen molar-refractivity contribution in [2.24, 2.45) is 0 Å². The van der Waals surface area contributed by atoms with Crippen LogP contribution in [0.25, 0.3) is 0 Å². The number of hydrogen-bond acceptors (Lipinski definition) is 10. The summed E-state index contributed by atoms with van der Waals surface area (Å²) in [7, 11) is 1.11. The van der Waals surface area contributed by atoms with Crippen LogP contribution >= 0.6 is 7.82 Å². The minimum absolute atomic E-state index is 0. The fourth-order valence-electron chi connectivity index (χ4n) is 4.69. The molecule has 0 aromatic carbocycles. The summed E-state index contributed by atoms with van der Waals surface area (Å²) in [6, 6.07) is 0. The number of rotatable bonds is 33. The summed E-state index contributed by atoms with van der Waals surface area (Å²) in [6.45, 7) is 2.20. The van der Waals surface area contributed by atoms with Crippen LogP contribution in [-0.4, -0.2) is 81.9 Å². The number of likely N-dealkylation sites (N-methyl/N-ethyl adjacent to an activating group) is 1. The molecule has 1 N–H and O–H groups in total. The van der Waals surface area contributed by atoms with Gasteiger partial charge in [0.2, 0.25) is 0 Å². The summed E-state index contributed by atoms with van der Waals surface area (Å²) in [6.07, 6.45) is 20.2. The number of phosphoric ester groups is 1. The van der Waals surface area contributed by atoms with Gasteiger partial charge in [0.05, 0.1) is 34.4 Å². The van der Waals surface area contributed by atoms with Crippen LogP contribution in [0, 0.1) is 0 Å². The standard InChI is InChI=1S/C33H66NO10P.Na/c1-5-6-7-8-9-10-11-12-13-14-15-18-21-24-32(35)40-29-31(30-43-45(38,39)42-28-26-34(2,3)4)44-33(36)25-22-19-16-17-20-23-27-41-37;/h31H,5-30H2,1-4H3,(H-,37,38,39);/q;+1. The number of esters is 2. The Morgan fingerprint density at radius 1 is 0.674 bits per heavy atom. The minimum Gasteiger partial charge on any atom is -0.756 e. The molecule has 0 aliphatic heterocycles. The van der Waals surface area contributed by atoms with Gasteiger partial charge in [-0.2, -0.15) is 0 Å². The van der Waals surface area contributed by atoms with Crippen LogP contribution in [0.3, 0.4) is 0 Å². The zero-order valence-electron chi connectivity index (χ0n) is 30.0. The Kier molecular flexibility index (Phi) is 33.6. The van der Waals surface area contributed by atoms with Gasteiger partial charge >= 0.3 is 41.5 Å². The Morgan fingerprint density at radius 3 is 1.61 bits per heavy atom. The Hall–Kier alpha value is -0.0700. The first kappa shape index (κ1) is 48.0. The van der Waals surface area contributed by atoms with Crippen molar-refractivity contribution in [2.45, 2.75) is 148 Å². The van der Waals surface area contributed by atoms with E-state index in [9.17, 15) is 19.0 Å². The molecule has 2 atom stereocenters. The molecule has 46 heavy (non-hydrogen) atoms. The molecule has 0 saturated heterocycles. The molecule has 0 rings (SSSR count). The molecule has 0 aliphatic carbocycles. The van der Waals surface area contributed by atoms with Crippen molar-refractivity contribution >= 4 is 19.8 Å². The van der Waals surface area contributed by atoms with E-state index >= 15 is 0 Å². The second-order valence-corrected chi connectivity index (χ2v) is 14.5. The normalized spacial score (nSPS) is 13.5. The van der Waals surface area contributed by atoms with Crippen molar-refractivity contribution in [3.05, 3.63) is 0 Å². The molecular weight excluding hydrogens is 624 g/mol. The summed E-state index contributed by atoms with van der Waals surface area (Å²) in [5.41, 5.74) is 0. The molecule has 0 aliphatic rings. The first-order valence-electron chi connectivity index (χ1n) is 17.5. The van der Waals surface area contributed by atoms with Gasteiger partial charge in [-0.3, -0.25) is 19.4 Å². The summed E-state index contributed by atoms with van der Waals surface area (Å²) in [5.74, 6) is -0.910. The third kappa shape index (κ3) is 35.2. The minimum atomic E-state index is -4.63. The third-order valence-corrected chi connectivity index (χ3v) is 8.47. The zero-order valence-corrected chi connectivity index (χ0v) is 32.9. The number of nitrogens with zero attached hydrogens (tertiary/aromatic N) is 1. The smallest absolute Gasteiger partial charge is 0.756 e. The molecule has 0 radical (unpaired) electrons. The predicted octanol–water partition coefficient (Wildman–Crippen LogP) is 4.35. The van der Waals surface area contributed by atoms with Gasteiger partial charge in [0, 0.05) is 12.8 Å². The maximum atomic E-state index is 12.4. The fourth-order valence-corrected chi connectivity index (χ4v) is 5.42. The topological polar surface area (TPSA) is 141 Å². The van der Waals surface area contributed by atoms with Gasteiger partial charge in [-0.25, -0.2) is 4.89 Å². The van der Waals surface area contributed by atoms with Crippen LogP contribution in [-0.2, 0) is 37.6 Å². The van der Waals surface area contributed by atoms with Crippen LogP contribution in [0.2, 0.25) is 0 Å². The molecular formula is C33H66NNaO10P+. The Balaban J connectivity index is 0. The van der Waals surface area contributed by atoms with E-state index in [1.807, 2.05) is 21.1 Å². The quantitative estimate of drug-likeness (QED) is 0.0201. The van der Waals surface area contributed by atoms with E-state index in [0.717, 1.165) is 51.4 Å². The first-order valence-corrected chi connectivity index (χ1v) is 19.0. The Labute approximate surface area is 302 Å². The maximum absolute atomic E-state index is 12.4.